The van der Waals surface area contributed by atoms with Crippen molar-refractivity contribution in [1.82, 2.24) is 4.57 Å². The monoisotopic (exact) mass is 737 g/mol. The lowest BCUT2D eigenvalue weighted by atomic mass is 9.86. The molecule has 0 bridgehead atoms. The van der Waals surface area contributed by atoms with Crippen molar-refractivity contribution >= 4 is 29.8 Å². The van der Waals surface area contributed by atoms with Crippen LogP contribution < -0.4 is 0 Å². The molecule has 0 aliphatic rings. The molecule has 0 unspecified atom stereocenters. The number of carbonyl (C=O) groups excluding carboxylic acids is 5. The molecule has 0 radical (unpaired) electrons. The molecule has 0 spiro atoms. The molecule has 5 aromatic carbocycles. The number of ether oxygens (including phenoxy) is 5. The van der Waals surface area contributed by atoms with Gasteiger partial charge in [-0.2, -0.15) is 0 Å². The minimum absolute atomic E-state index is 0.120. The molecule has 1 aromatic heterocycles. The summed E-state index contributed by atoms with van der Waals surface area (Å²) < 4.78 is 28.1. The number of aromatic nitrogens is 1. The molecule has 11 nitrogen and oxygen atoms in total. The number of carbonyl (C=O) groups is 5. The number of methoxy groups -OCH3 is 5. The molecular weight excluding hydrogens is 702 g/mol. The third kappa shape index (κ3) is 6.75. The van der Waals surface area contributed by atoms with Crippen LogP contribution in [0.15, 0.2) is 121 Å². The van der Waals surface area contributed by atoms with Gasteiger partial charge in [0.15, 0.2) is 0 Å². The maximum Gasteiger partial charge on any atom is 0.339 e. The van der Waals surface area contributed by atoms with Crippen LogP contribution in [-0.2, 0) is 23.7 Å². The van der Waals surface area contributed by atoms with Crippen molar-refractivity contribution in [3.63, 3.8) is 0 Å². The number of para-hydroxylation sites is 1. The summed E-state index contributed by atoms with van der Waals surface area (Å²) in [5, 5.41) is 0. The van der Waals surface area contributed by atoms with Crippen LogP contribution in [0.4, 0.5) is 0 Å². The quantitative estimate of drug-likeness (QED) is 0.100. The first-order valence-electron chi connectivity index (χ1n) is 16.9. The smallest absolute Gasteiger partial charge is 0.339 e. The number of esters is 5. The fourth-order valence-electron chi connectivity index (χ4n) is 6.73. The molecule has 0 aliphatic heterocycles. The Morgan fingerprint density at radius 1 is 0.345 bits per heavy atom. The van der Waals surface area contributed by atoms with Crippen LogP contribution in [0.3, 0.4) is 0 Å². The van der Waals surface area contributed by atoms with Gasteiger partial charge in [-0.3, -0.25) is 0 Å². The highest BCUT2D eigenvalue weighted by Gasteiger charge is 2.35. The molecule has 6 rings (SSSR count). The summed E-state index contributed by atoms with van der Waals surface area (Å²) >= 11 is 0. The van der Waals surface area contributed by atoms with E-state index < -0.39 is 29.8 Å². The van der Waals surface area contributed by atoms with Crippen molar-refractivity contribution in [1.29, 1.82) is 0 Å². The standard InChI is InChI=1S/C44H35NO10/c1-51-40(46)30-20-10-6-16-26(30)36-37(27-17-7-11-21-31(27)41(47)52-2)39(29-19-9-13-23-33(29)43(49)54-4)45(35-25-15-14-24-34(35)44(50)55-5)38(36)28-18-8-12-22-32(28)42(48)53-3/h6-25H,1-5H3. The highest BCUT2D eigenvalue weighted by atomic mass is 16.5. The third-order valence-corrected chi connectivity index (χ3v) is 9.10. The van der Waals surface area contributed by atoms with Crippen molar-refractivity contribution in [2.75, 3.05) is 35.5 Å². The van der Waals surface area contributed by atoms with Gasteiger partial charge in [0.2, 0.25) is 0 Å². The van der Waals surface area contributed by atoms with Gasteiger partial charge in [0.25, 0.3) is 0 Å². The first kappa shape index (κ1) is 37.5. The Balaban J connectivity index is 2.05. The Morgan fingerprint density at radius 2 is 0.600 bits per heavy atom. The topological polar surface area (TPSA) is 136 Å². The van der Waals surface area contributed by atoms with E-state index in [1.165, 1.54) is 35.5 Å². The van der Waals surface area contributed by atoms with Crippen LogP contribution in [-0.4, -0.2) is 70.0 Å². The summed E-state index contributed by atoms with van der Waals surface area (Å²) in [5.74, 6) is -3.38. The van der Waals surface area contributed by atoms with Crippen molar-refractivity contribution < 1.29 is 47.7 Å². The van der Waals surface area contributed by atoms with Gasteiger partial charge in [-0.25, -0.2) is 24.0 Å². The van der Waals surface area contributed by atoms with E-state index in [2.05, 4.69) is 0 Å². The second-order valence-corrected chi connectivity index (χ2v) is 11.9. The van der Waals surface area contributed by atoms with E-state index in [0.717, 1.165) is 0 Å². The largest absolute Gasteiger partial charge is 0.465 e. The molecule has 0 aliphatic carbocycles. The molecule has 0 fully saturated rings. The summed E-state index contributed by atoms with van der Waals surface area (Å²) in [6.45, 7) is 0. The summed E-state index contributed by atoms with van der Waals surface area (Å²) in [6.07, 6.45) is 0. The zero-order valence-corrected chi connectivity index (χ0v) is 30.6. The normalized spacial score (nSPS) is 10.6. The van der Waals surface area contributed by atoms with Gasteiger partial charge in [0.1, 0.15) is 0 Å². The lowest BCUT2D eigenvalue weighted by Crippen LogP contribution is -2.12. The Morgan fingerprint density at radius 3 is 0.945 bits per heavy atom. The summed E-state index contributed by atoms with van der Waals surface area (Å²) in [4.78, 5) is 68.2. The molecule has 0 atom stereocenters. The van der Waals surface area contributed by atoms with E-state index >= 15 is 0 Å². The van der Waals surface area contributed by atoms with Crippen LogP contribution >= 0.6 is 0 Å². The van der Waals surface area contributed by atoms with Crippen LogP contribution in [0.5, 0.6) is 0 Å². The Bertz CT molecular complexity index is 2060. The molecule has 1 heterocycles. The number of hydrogen-bond donors (Lipinski definition) is 0. The zero-order chi connectivity index (χ0) is 39.2. The Kier molecular flexibility index (Phi) is 11.0. The molecule has 55 heavy (non-hydrogen) atoms. The molecule has 6 aromatic rings. The van der Waals surface area contributed by atoms with E-state index in [9.17, 15) is 24.0 Å². The van der Waals surface area contributed by atoms with E-state index in [0.29, 0.717) is 33.4 Å². The van der Waals surface area contributed by atoms with Crippen molar-refractivity contribution in [2.45, 2.75) is 0 Å². The van der Waals surface area contributed by atoms with Gasteiger partial charge in [-0.05, 0) is 47.5 Å². The lowest BCUT2D eigenvalue weighted by Gasteiger charge is -2.20. The summed E-state index contributed by atoms with van der Waals surface area (Å²) in [5.41, 5.74) is 3.52. The van der Waals surface area contributed by atoms with Crippen LogP contribution in [0.2, 0.25) is 0 Å². The average molecular weight is 738 g/mol. The van der Waals surface area contributed by atoms with Crippen LogP contribution in [0.25, 0.3) is 50.5 Å². The van der Waals surface area contributed by atoms with E-state index in [1.807, 2.05) is 0 Å². The molecule has 0 saturated carbocycles. The fraction of sp³-hybridized carbons (Fsp3) is 0.114. The molecule has 276 valence electrons. The summed E-state index contributed by atoms with van der Waals surface area (Å²) in [6, 6.07) is 33.5. The molecule has 0 saturated heterocycles. The summed E-state index contributed by atoms with van der Waals surface area (Å²) in [7, 11) is 6.29. The minimum atomic E-state index is -0.684. The number of rotatable bonds is 10. The van der Waals surface area contributed by atoms with Crippen molar-refractivity contribution in [2.24, 2.45) is 0 Å². The highest BCUT2D eigenvalue weighted by Crippen LogP contribution is 2.53. The van der Waals surface area contributed by atoms with Gasteiger partial charge in [0.05, 0.1) is 80.4 Å². The predicted octanol–water partition coefficient (Wildman–Crippen LogP) is 8.08. The van der Waals surface area contributed by atoms with E-state index in [1.54, 1.807) is 126 Å². The lowest BCUT2D eigenvalue weighted by molar-refractivity contribution is 0.0591. The predicted molar refractivity (Wildman–Crippen MR) is 204 cm³/mol. The highest BCUT2D eigenvalue weighted by molar-refractivity contribution is 6.14. The number of benzene rings is 5. The average Bonchev–Trinajstić information content (AvgIpc) is 3.60. The van der Waals surface area contributed by atoms with Gasteiger partial charge >= 0.3 is 29.8 Å². The first-order chi connectivity index (χ1) is 26.7. The number of hydrogen-bond acceptors (Lipinski definition) is 10. The third-order valence-electron chi connectivity index (χ3n) is 9.10. The van der Waals surface area contributed by atoms with Crippen LogP contribution in [0.1, 0.15) is 51.8 Å². The molecule has 11 heteroatoms. The fourth-order valence-corrected chi connectivity index (χ4v) is 6.73. The van der Waals surface area contributed by atoms with E-state index in [-0.39, 0.29) is 44.9 Å². The zero-order valence-electron chi connectivity index (χ0n) is 30.6. The first-order valence-corrected chi connectivity index (χ1v) is 16.9. The second kappa shape index (κ2) is 16.2. The Labute approximate surface area is 316 Å². The minimum Gasteiger partial charge on any atom is -0.465 e. The molecular formula is C44H35NO10. The van der Waals surface area contributed by atoms with Crippen LogP contribution in [0, 0.1) is 0 Å². The molecule has 0 amide bonds. The van der Waals surface area contributed by atoms with Gasteiger partial charge in [0, 0.05) is 22.3 Å². The Hall–Kier alpha value is -7.27. The molecule has 0 N–H and O–H groups in total. The second-order valence-electron chi connectivity index (χ2n) is 11.9. The number of nitrogens with zero attached hydrogens (tertiary/aromatic N) is 1. The SMILES string of the molecule is COC(=O)c1ccccc1-c1c(-c2ccccc2C(=O)OC)c(-c2ccccc2C(=O)OC)n(-c2ccccc2C(=O)OC)c1-c1ccccc1C(=O)OC. The van der Waals surface area contributed by atoms with Gasteiger partial charge in [-0.15, -0.1) is 0 Å². The van der Waals surface area contributed by atoms with Crippen molar-refractivity contribution in [3.05, 3.63) is 149 Å². The maximum absolute atomic E-state index is 13.6. The van der Waals surface area contributed by atoms with Gasteiger partial charge < -0.3 is 28.3 Å². The van der Waals surface area contributed by atoms with Crippen molar-refractivity contribution in [3.8, 4) is 50.5 Å². The van der Waals surface area contributed by atoms with Gasteiger partial charge in [-0.1, -0.05) is 84.9 Å². The van der Waals surface area contributed by atoms with E-state index in [4.69, 9.17) is 23.7 Å². The maximum atomic E-state index is 13.6.